The van der Waals surface area contributed by atoms with Crippen LogP contribution >= 0.6 is 0 Å². The molecular formula is C13H24N2O2. The molecule has 17 heavy (non-hydrogen) atoms. The standard InChI is InChI=1S/C13H24N2O2/c1-13(2)3-6-15(7-4-13)12(16)9-11-10-17-8-5-14-11/h11,14H,3-10H2,1-2H3. The molecule has 0 bridgehead atoms. The Kier molecular flexibility index (Phi) is 4.05. The number of hydrogen-bond acceptors (Lipinski definition) is 3. The lowest BCUT2D eigenvalue weighted by Crippen LogP contribution is -2.47. The molecule has 2 saturated heterocycles. The highest BCUT2D eigenvalue weighted by molar-refractivity contribution is 5.77. The Hall–Kier alpha value is -0.610. The molecule has 1 N–H and O–H groups in total. The summed E-state index contributed by atoms with van der Waals surface area (Å²) in [5.74, 6) is 0.281. The van der Waals surface area contributed by atoms with E-state index in [4.69, 9.17) is 4.74 Å². The average molecular weight is 240 g/mol. The Morgan fingerprint density at radius 3 is 2.71 bits per heavy atom. The van der Waals surface area contributed by atoms with Gasteiger partial charge in [0.1, 0.15) is 0 Å². The molecule has 0 aromatic heterocycles. The van der Waals surface area contributed by atoms with E-state index in [0.717, 1.165) is 39.1 Å². The normalized spacial score (nSPS) is 29.1. The summed E-state index contributed by atoms with van der Waals surface area (Å²) < 4.78 is 5.37. The van der Waals surface area contributed by atoms with Gasteiger partial charge in [0.15, 0.2) is 0 Å². The fraction of sp³-hybridized carbons (Fsp3) is 0.923. The summed E-state index contributed by atoms with van der Waals surface area (Å²) in [7, 11) is 0. The van der Waals surface area contributed by atoms with Crippen molar-refractivity contribution in [1.82, 2.24) is 10.2 Å². The molecule has 1 amide bonds. The zero-order chi connectivity index (χ0) is 12.3. The van der Waals surface area contributed by atoms with E-state index < -0.39 is 0 Å². The van der Waals surface area contributed by atoms with E-state index in [1.165, 1.54) is 0 Å². The van der Waals surface area contributed by atoms with Crippen molar-refractivity contribution in [3.05, 3.63) is 0 Å². The summed E-state index contributed by atoms with van der Waals surface area (Å²) in [6, 6.07) is 0.214. The molecule has 1 atom stereocenters. The van der Waals surface area contributed by atoms with Crippen LogP contribution in [0.1, 0.15) is 33.1 Å². The van der Waals surface area contributed by atoms with Crippen molar-refractivity contribution in [1.29, 1.82) is 0 Å². The number of rotatable bonds is 2. The predicted molar refractivity (Wildman–Crippen MR) is 66.8 cm³/mol. The summed E-state index contributed by atoms with van der Waals surface area (Å²) in [6.07, 6.45) is 2.82. The first-order valence-electron chi connectivity index (χ1n) is 6.66. The third-order valence-corrected chi connectivity index (χ3v) is 3.89. The van der Waals surface area contributed by atoms with E-state index in [0.29, 0.717) is 18.4 Å². The van der Waals surface area contributed by atoms with E-state index >= 15 is 0 Å². The lowest BCUT2D eigenvalue weighted by molar-refractivity contribution is -0.134. The van der Waals surface area contributed by atoms with E-state index in [2.05, 4.69) is 19.2 Å². The second kappa shape index (κ2) is 5.36. The molecule has 0 aromatic carbocycles. The van der Waals surface area contributed by atoms with Gasteiger partial charge in [0.25, 0.3) is 0 Å². The van der Waals surface area contributed by atoms with Gasteiger partial charge in [0.05, 0.1) is 13.2 Å². The van der Waals surface area contributed by atoms with Gasteiger partial charge in [-0.1, -0.05) is 13.8 Å². The minimum Gasteiger partial charge on any atom is -0.378 e. The number of carbonyl (C=O) groups is 1. The van der Waals surface area contributed by atoms with Gasteiger partial charge >= 0.3 is 0 Å². The average Bonchev–Trinajstić information content (AvgIpc) is 2.30. The molecule has 4 nitrogen and oxygen atoms in total. The summed E-state index contributed by atoms with van der Waals surface area (Å²) >= 11 is 0. The predicted octanol–water partition coefficient (Wildman–Crippen LogP) is 1.01. The molecule has 2 rings (SSSR count). The molecule has 4 heteroatoms. The molecule has 1 unspecified atom stereocenters. The van der Waals surface area contributed by atoms with E-state index in [-0.39, 0.29) is 11.9 Å². The largest absolute Gasteiger partial charge is 0.378 e. The molecule has 0 aromatic rings. The van der Waals surface area contributed by atoms with Crippen molar-refractivity contribution >= 4 is 5.91 Å². The molecule has 2 aliphatic rings. The Labute approximate surface area is 104 Å². The van der Waals surface area contributed by atoms with Crippen molar-refractivity contribution in [3.63, 3.8) is 0 Å². The Balaban J connectivity index is 1.76. The van der Waals surface area contributed by atoms with E-state index in [1.54, 1.807) is 0 Å². The number of likely N-dealkylation sites (tertiary alicyclic amines) is 1. The molecular weight excluding hydrogens is 216 g/mol. The second-order valence-corrected chi connectivity index (χ2v) is 5.98. The van der Waals surface area contributed by atoms with Gasteiger partial charge in [-0.05, 0) is 18.3 Å². The van der Waals surface area contributed by atoms with Crippen molar-refractivity contribution < 1.29 is 9.53 Å². The van der Waals surface area contributed by atoms with Gasteiger partial charge in [-0.15, -0.1) is 0 Å². The Bertz CT molecular complexity index is 263. The minimum atomic E-state index is 0.214. The fourth-order valence-electron chi connectivity index (χ4n) is 2.45. The molecule has 2 fully saturated rings. The quantitative estimate of drug-likeness (QED) is 0.783. The Morgan fingerprint density at radius 1 is 1.41 bits per heavy atom. The van der Waals surface area contributed by atoms with Gasteiger partial charge in [0, 0.05) is 32.1 Å². The third kappa shape index (κ3) is 3.68. The number of nitrogens with zero attached hydrogens (tertiary/aromatic N) is 1. The van der Waals surface area contributed by atoms with Crippen LogP contribution in [0.3, 0.4) is 0 Å². The maximum Gasteiger partial charge on any atom is 0.224 e. The highest BCUT2D eigenvalue weighted by Crippen LogP contribution is 2.29. The number of amides is 1. The van der Waals surface area contributed by atoms with E-state index in [1.807, 2.05) is 4.90 Å². The van der Waals surface area contributed by atoms with Crippen molar-refractivity contribution in [2.75, 3.05) is 32.8 Å². The number of ether oxygens (including phenoxy) is 1. The smallest absolute Gasteiger partial charge is 0.224 e. The van der Waals surface area contributed by atoms with Crippen LogP contribution in [0.5, 0.6) is 0 Å². The van der Waals surface area contributed by atoms with Crippen LogP contribution in [-0.2, 0) is 9.53 Å². The molecule has 0 saturated carbocycles. The number of morpholine rings is 1. The van der Waals surface area contributed by atoms with Crippen molar-refractivity contribution in [3.8, 4) is 0 Å². The zero-order valence-corrected chi connectivity index (χ0v) is 11.0. The molecule has 0 radical (unpaired) electrons. The number of hydrogen-bond donors (Lipinski definition) is 1. The van der Waals surface area contributed by atoms with Gasteiger partial charge in [0.2, 0.25) is 5.91 Å². The van der Waals surface area contributed by atoms with Crippen LogP contribution in [0.25, 0.3) is 0 Å². The monoisotopic (exact) mass is 240 g/mol. The van der Waals surface area contributed by atoms with Gasteiger partial charge in [-0.3, -0.25) is 4.79 Å². The molecule has 98 valence electrons. The Morgan fingerprint density at radius 2 is 2.12 bits per heavy atom. The van der Waals surface area contributed by atoms with Gasteiger partial charge in [-0.25, -0.2) is 0 Å². The summed E-state index contributed by atoms with van der Waals surface area (Å²) in [6.45, 7) is 8.70. The fourth-order valence-corrected chi connectivity index (χ4v) is 2.45. The van der Waals surface area contributed by atoms with Crippen LogP contribution in [0, 0.1) is 5.41 Å². The van der Waals surface area contributed by atoms with E-state index in [9.17, 15) is 4.79 Å². The molecule has 0 aliphatic carbocycles. The lowest BCUT2D eigenvalue weighted by Gasteiger charge is -2.37. The first-order chi connectivity index (χ1) is 8.07. The first kappa shape index (κ1) is 12.8. The second-order valence-electron chi connectivity index (χ2n) is 5.98. The molecule has 0 spiro atoms. The summed E-state index contributed by atoms with van der Waals surface area (Å²) in [4.78, 5) is 14.1. The van der Waals surface area contributed by atoms with Crippen LogP contribution in [0.4, 0.5) is 0 Å². The number of carbonyl (C=O) groups excluding carboxylic acids is 1. The number of nitrogens with one attached hydrogen (secondary N) is 1. The van der Waals surface area contributed by atoms with Crippen molar-refractivity contribution in [2.45, 2.75) is 39.2 Å². The molecule has 2 heterocycles. The van der Waals surface area contributed by atoms with Crippen LogP contribution in [-0.4, -0.2) is 49.7 Å². The van der Waals surface area contributed by atoms with Crippen LogP contribution in [0.2, 0.25) is 0 Å². The zero-order valence-electron chi connectivity index (χ0n) is 11.0. The topological polar surface area (TPSA) is 41.6 Å². The molecule has 2 aliphatic heterocycles. The highest BCUT2D eigenvalue weighted by Gasteiger charge is 2.29. The third-order valence-electron chi connectivity index (χ3n) is 3.89. The number of piperidine rings is 1. The van der Waals surface area contributed by atoms with Gasteiger partial charge in [-0.2, -0.15) is 0 Å². The summed E-state index contributed by atoms with van der Waals surface area (Å²) in [5.41, 5.74) is 0.406. The van der Waals surface area contributed by atoms with Gasteiger partial charge < -0.3 is 15.0 Å². The van der Waals surface area contributed by atoms with Crippen LogP contribution < -0.4 is 5.32 Å². The minimum absolute atomic E-state index is 0.214. The summed E-state index contributed by atoms with van der Waals surface area (Å²) in [5, 5.41) is 3.33. The SMILES string of the molecule is CC1(C)CCN(C(=O)CC2COCCN2)CC1. The maximum atomic E-state index is 12.1. The highest BCUT2D eigenvalue weighted by atomic mass is 16.5. The maximum absolute atomic E-state index is 12.1. The lowest BCUT2D eigenvalue weighted by atomic mass is 9.82. The van der Waals surface area contributed by atoms with Crippen molar-refractivity contribution in [2.24, 2.45) is 5.41 Å². The first-order valence-corrected chi connectivity index (χ1v) is 6.66. The van der Waals surface area contributed by atoms with Crippen LogP contribution in [0.15, 0.2) is 0 Å².